The molecule has 1 heterocycles. The molecule has 1 aliphatic rings. The second-order valence-electron chi connectivity index (χ2n) is 8.38. The molecule has 0 unspecified atom stereocenters. The molecule has 8 heteroatoms. The molecule has 0 radical (unpaired) electrons. The van der Waals surface area contributed by atoms with Crippen molar-refractivity contribution in [1.82, 2.24) is 19.7 Å². The van der Waals surface area contributed by atoms with Gasteiger partial charge in [-0.25, -0.2) is 0 Å². The third kappa shape index (κ3) is 5.47. The van der Waals surface area contributed by atoms with Crippen molar-refractivity contribution in [2.24, 2.45) is 0 Å². The molecule has 1 aliphatic carbocycles. The predicted octanol–water partition coefficient (Wildman–Crippen LogP) is 5.67. The largest absolute Gasteiger partial charge is 0.342 e. The van der Waals surface area contributed by atoms with E-state index in [0.29, 0.717) is 23.2 Å². The van der Waals surface area contributed by atoms with Crippen molar-refractivity contribution in [3.8, 4) is 11.4 Å². The van der Waals surface area contributed by atoms with Crippen LogP contribution in [0, 0.1) is 0 Å². The van der Waals surface area contributed by atoms with E-state index in [-0.39, 0.29) is 17.4 Å². The number of halogens is 1. The van der Waals surface area contributed by atoms with Crippen LogP contribution in [0.25, 0.3) is 11.4 Å². The average Bonchev–Trinajstić information content (AvgIpc) is 3.48. The molecule has 0 spiro atoms. The smallest absolute Gasteiger partial charge is 0.219 e. The minimum absolute atomic E-state index is 0.00841. The SMILES string of the molecule is CC(=O)N(C)Cc1ccc(C(=O)CSc2nnc(-c3ccccc3Cl)n2C2CCCC2)cc1. The van der Waals surface area contributed by atoms with Gasteiger partial charge in [-0.05, 0) is 30.5 Å². The lowest BCUT2D eigenvalue weighted by molar-refractivity contribution is -0.128. The highest BCUT2D eigenvalue weighted by atomic mass is 35.5. The molecule has 1 fully saturated rings. The van der Waals surface area contributed by atoms with Gasteiger partial charge in [0.15, 0.2) is 16.8 Å². The first kappa shape index (κ1) is 23.5. The van der Waals surface area contributed by atoms with E-state index in [0.717, 1.165) is 34.9 Å². The number of nitrogens with zero attached hydrogens (tertiary/aromatic N) is 4. The Labute approximate surface area is 203 Å². The molecular formula is C25H27ClN4O2S. The van der Waals surface area contributed by atoms with Crippen LogP contribution in [0.2, 0.25) is 5.02 Å². The molecule has 2 aromatic carbocycles. The van der Waals surface area contributed by atoms with Crippen molar-refractivity contribution < 1.29 is 9.59 Å². The Balaban J connectivity index is 1.49. The van der Waals surface area contributed by atoms with Crippen molar-refractivity contribution >= 4 is 35.1 Å². The molecule has 1 saturated carbocycles. The predicted molar refractivity (Wildman–Crippen MR) is 132 cm³/mol. The number of thioether (sulfide) groups is 1. The van der Waals surface area contributed by atoms with Crippen LogP contribution in [-0.4, -0.2) is 44.2 Å². The highest BCUT2D eigenvalue weighted by Gasteiger charge is 2.26. The van der Waals surface area contributed by atoms with Crippen LogP contribution in [0.1, 0.15) is 54.6 Å². The molecule has 4 rings (SSSR count). The van der Waals surface area contributed by atoms with Gasteiger partial charge in [0.25, 0.3) is 0 Å². The summed E-state index contributed by atoms with van der Waals surface area (Å²) in [5.74, 6) is 1.09. The van der Waals surface area contributed by atoms with E-state index in [1.807, 2.05) is 48.5 Å². The second kappa shape index (κ2) is 10.5. The summed E-state index contributed by atoms with van der Waals surface area (Å²) in [7, 11) is 1.76. The van der Waals surface area contributed by atoms with Crippen LogP contribution < -0.4 is 0 Å². The lowest BCUT2D eigenvalue weighted by Crippen LogP contribution is -2.22. The van der Waals surface area contributed by atoms with Gasteiger partial charge in [0, 0.05) is 37.7 Å². The van der Waals surface area contributed by atoms with Gasteiger partial charge >= 0.3 is 0 Å². The second-order valence-corrected chi connectivity index (χ2v) is 9.73. The summed E-state index contributed by atoms with van der Waals surface area (Å²) in [6, 6.07) is 15.4. The van der Waals surface area contributed by atoms with Crippen LogP contribution in [-0.2, 0) is 11.3 Å². The van der Waals surface area contributed by atoms with E-state index in [9.17, 15) is 9.59 Å². The molecule has 172 valence electrons. The fourth-order valence-corrected chi connectivity index (χ4v) is 5.21. The van der Waals surface area contributed by atoms with Crippen LogP contribution in [0.4, 0.5) is 0 Å². The molecule has 0 bridgehead atoms. The molecule has 0 saturated heterocycles. The Hall–Kier alpha value is -2.64. The number of ketones is 1. The Morgan fingerprint density at radius 3 is 2.45 bits per heavy atom. The number of carbonyl (C=O) groups is 2. The van der Waals surface area contributed by atoms with E-state index >= 15 is 0 Å². The van der Waals surface area contributed by atoms with Crippen LogP contribution >= 0.6 is 23.4 Å². The van der Waals surface area contributed by atoms with Crippen molar-refractivity contribution in [3.05, 3.63) is 64.7 Å². The van der Waals surface area contributed by atoms with Crippen LogP contribution in [0.5, 0.6) is 0 Å². The first-order chi connectivity index (χ1) is 15.9. The summed E-state index contributed by atoms with van der Waals surface area (Å²) in [6.45, 7) is 2.06. The summed E-state index contributed by atoms with van der Waals surface area (Å²) in [6.07, 6.45) is 4.51. The number of hydrogen-bond donors (Lipinski definition) is 0. The lowest BCUT2D eigenvalue weighted by Gasteiger charge is -2.17. The van der Waals surface area contributed by atoms with Crippen LogP contribution in [0.15, 0.2) is 53.7 Å². The van der Waals surface area contributed by atoms with E-state index in [1.54, 1.807) is 11.9 Å². The molecule has 1 amide bonds. The number of hydrogen-bond acceptors (Lipinski definition) is 5. The number of Topliss-reactive ketones (excluding diaryl/α,β-unsaturated/α-hetero) is 1. The third-order valence-electron chi connectivity index (χ3n) is 6.03. The highest BCUT2D eigenvalue weighted by molar-refractivity contribution is 7.99. The molecule has 0 aliphatic heterocycles. The van der Waals surface area contributed by atoms with Gasteiger partial charge in [0.2, 0.25) is 5.91 Å². The lowest BCUT2D eigenvalue weighted by atomic mass is 10.1. The minimum Gasteiger partial charge on any atom is -0.342 e. The summed E-state index contributed by atoms with van der Waals surface area (Å²) in [5, 5.41) is 10.3. The number of aromatic nitrogens is 3. The van der Waals surface area contributed by atoms with Gasteiger partial charge in [-0.1, -0.05) is 72.6 Å². The number of carbonyl (C=O) groups excluding carboxylic acids is 2. The zero-order valence-corrected chi connectivity index (χ0v) is 20.4. The number of amides is 1. The summed E-state index contributed by atoms with van der Waals surface area (Å²) >= 11 is 7.87. The van der Waals surface area contributed by atoms with Gasteiger partial charge in [0.05, 0.1) is 10.8 Å². The number of benzene rings is 2. The molecule has 6 nitrogen and oxygen atoms in total. The quantitative estimate of drug-likeness (QED) is 0.306. The summed E-state index contributed by atoms with van der Waals surface area (Å²) in [4.78, 5) is 25.9. The monoisotopic (exact) mass is 482 g/mol. The normalized spacial score (nSPS) is 13.9. The van der Waals surface area contributed by atoms with Crippen molar-refractivity contribution in [3.63, 3.8) is 0 Å². The zero-order valence-electron chi connectivity index (χ0n) is 18.8. The van der Waals surface area contributed by atoms with Gasteiger partial charge in [-0.15, -0.1) is 10.2 Å². The van der Waals surface area contributed by atoms with Crippen LogP contribution in [0.3, 0.4) is 0 Å². The van der Waals surface area contributed by atoms with Gasteiger partial charge in [-0.3, -0.25) is 14.2 Å². The van der Waals surface area contributed by atoms with E-state index in [4.69, 9.17) is 11.6 Å². The average molecular weight is 483 g/mol. The molecular weight excluding hydrogens is 456 g/mol. The Kier molecular flexibility index (Phi) is 7.50. The Bertz CT molecular complexity index is 1140. The van der Waals surface area contributed by atoms with E-state index in [1.165, 1.54) is 31.5 Å². The Morgan fingerprint density at radius 2 is 1.79 bits per heavy atom. The number of rotatable bonds is 8. The maximum atomic E-state index is 12.9. The van der Waals surface area contributed by atoms with E-state index in [2.05, 4.69) is 14.8 Å². The van der Waals surface area contributed by atoms with Gasteiger partial charge in [0.1, 0.15) is 0 Å². The van der Waals surface area contributed by atoms with E-state index < -0.39 is 0 Å². The van der Waals surface area contributed by atoms with Gasteiger partial charge in [-0.2, -0.15) is 0 Å². The molecule has 33 heavy (non-hydrogen) atoms. The standard InChI is InChI=1S/C25H27ClN4O2S/c1-17(31)29(2)15-18-11-13-19(14-12-18)23(32)16-33-25-28-27-24(21-9-5-6-10-22(21)26)30(25)20-7-3-4-8-20/h5-6,9-14,20H,3-4,7-8,15-16H2,1-2H3. The van der Waals surface area contributed by atoms with Crippen molar-refractivity contribution in [2.75, 3.05) is 12.8 Å². The first-order valence-corrected chi connectivity index (χ1v) is 12.5. The molecule has 1 aromatic heterocycles. The minimum atomic E-state index is 0.00841. The topological polar surface area (TPSA) is 68.1 Å². The maximum absolute atomic E-state index is 12.9. The fourth-order valence-electron chi connectivity index (χ4n) is 4.09. The fraction of sp³-hybridized carbons (Fsp3) is 0.360. The zero-order chi connectivity index (χ0) is 23.4. The Morgan fingerprint density at radius 1 is 1.09 bits per heavy atom. The summed E-state index contributed by atoms with van der Waals surface area (Å²) in [5.41, 5.74) is 2.50. The molecule has 3 aromatic rings. The molecule has 0 N–H and O–H groups in total. The highest BCUT2D eigenvalue weighted by Crippen LogP contribution is 2.38. The maximum Gasteiger partial charge on any atom is 0.219 e. The first-order valence-electron chi connectivity index (χ1n) is 11.1. The van der Waals surface area contributed by atoms with Crippen molar-refractivity contribution in [2.45, 2.75) is 50.4 Å². The third-order valence-corrected chi connectivity index (χ3v) is 7.31. The van der Waals surface area contributed by atoms with Gasteiger partial charge < -0.3 is 4.90 Å². The molecule has 0 atom stereocenters. The summed E-state index contributed by atoms with van der Waals surface area (Å²) < 4.78 is 2.17. The van der Waals surface area contributed by atoms with Crippen molar-refractivity contribution in [1.29, 1.82) is 0 Å².